The maximum Gasteiger partial charge on any atom is 0.322 e. The van der Waals surface area contributed by atoms with Gasteiger partial charge < -0.3 is 15.6 Å². The lowest BCUT2D eigenvalue weighted by atomic mass is 10.1. The minimum atomic E-state index is -1.03. The van der Waals surface area contributed by atoms with E-state index in [-0.39, 0.29) is 12.7 Å². The van der Waals surface area contributed by atoms with Gasteiger partial charge in [0.25, 0.3) is 0 Å². The molecule has 4 heteroatoms. The molecule has 0 aromatic carbocycles. The van der Waals surface area contributed by atoms with Crippen LogP contribution in [0.3, 0.4) is 0 Å². The molecule has 0 bridgehead atoms. The molecule has 2 atom stereocenters. The van der Waals surface area contributed by atoms with Crippen molar-refractivity contribution in [3.05, 3.63) is 0 Å². The Morgan fingerprint density at radius 2 is 2.33 bits per heavy atom. The molecule has 0 saturated heterocycles. The number of ether oxygens (including phenoxy) is 1. The van der Waals surface area contributed by atoms with Gasteiger partial charge in [0.1, 0.15) is 12.1 Å². The highest BCUT2D eigenvalue weighted by Crippen LogP contribution is 2.10. The summed E-state index contributed by atoms with van der Waals surface area (Å²) in [5.74, 6) is 4.99. The van der Waals surface area contributed by atoms with Crippen LogP contribution in [0.2, 0.25) is 0 Å². The van der Waals surface area contributed by atoms with Gasteiger partial charge in [-0.25, -0.2) is 0 Å². The number of carboxylic acid groups (broad SMARTS) is 1. The van der Waals surface area contributed by atoms with E-state index in [0.29, 0.717) is 0 Å². The molecule has 0 spiro atoms. The summed E-state index contributed by atoms with van der Waals surface area (Å²) in [6.45, 7) is 0.0364. The van der Waals surface area contributed by atoms with Crippen LogP contribution in [-0.2, 0) is 9.53 Å². The van der Waals surface area contributed by atoms with E-state index in [2.05, 4.69) is 11.8 Å². The first-order valence-electron chi connectivity index (χ1n) is 5.28. The Hall–Kier alpha value is -1.05. The van der Waals surface area contributed by atoms with E-state index >= 15 is 0 Å². The van der Waals surface area contributed by atoms with Crippen molar-refractivity contribution >= 4 is 5.97 Å². The molecule has 0 amide bonds. The molecule has 0 radical (unpaired) electrons. The Bertz CT molecular complexity index is 267. The number of hydrogen-bond acceptors (Lipinski definition) is 3. The minimum Gasteiger partial charge on any atom is -0.480 e. The topological polar surface area (TPSA) is 72.5 Å². The van der Waals surface area contributed by atoms with Gasteiger partial charge in [-0.1, -0.05) is 12.3 Å². The van der Waals surface area contributed by atoms with Crippen LogP contribution in [0.1, 0.15) is 32.1 Å². The van der Waals surface area contributed by atoms with Crippen LogP contribution in [0, 0.1) is 11.8 Å². The molecule has 1 rings (SSSR count). The van der Waals surface area contributed by atoms with Crippen LogP contribution in [0.15, 0.2) is 0 Å². The van der Waals surface area contributed by atoms with Crippen LogP contribution in [0.4, 0.5) is 0 Å². The van der Waals surface area contributed by atoms with E-state index in [1.165, 1.54) is 6.42 Å². The Kier molecular flexibility index (Phi) is 5.16. The summed E-state index contributed by atoms with van der Waals surface area (Å²) in [6, 6.07) is -0.947. The Morgan fingerprint density at radius 3 is 3.07 bits per heavy atom. The lowest BCUT2D eigenvalue weighted by Crippen LogP contribution is -2.36. The normalized spacial score (nSPS) is 23.1. The Labute approximate surface area is 89.8 Å². The maximum absolute atomic E-state index is 10.5. The zero-order valence-corrected chi connectivity index (χ0v) is 8.74. The molecule has 0 aromatic rings. The number of nitrogens with two attached hydrogens (primary N) is 1. The van der Waals surface area contributed by atoms with Crippen LogP contribution in [0.5, 0.6) is 0 Å². The average molecular weight is 211 g/mol. The Morgan fingerprint density at radius 1 is 1.53 bits per heavy atom. The molecule has 84 valence electrons. The third-order valence-corrected chi connectivity index (χ3v) is 2.33. The van der Waals surface area contributed by atoms with Crippen LogP contribution < -0.4 is 5.73 Å². The third-order valence-electron chi connectivity index (χ3n) is 2.33. The molecule has 1 unspecified atom stereocenters. The van der Waals surface area contributed by atoms with Gasteiger partial charge in [-0.15, -0.1) is 5.92 Å². The molecule has 0 fully saturated rings. The van der Waals surface area contributed by atoms with Gasteiger partial charge in [-0.05, 0) is 19.3 Å². The molecule has 1 aliphatic rings. The van der Waals surface area contributed by atoms with Crippen molar-refractivity contribution in [2.45, 2.75) is 44.2 Å². The molecule has 0 saturated carbocycles. The summed E-state index contributed by atoms with van der Waals surface area (Å²) in [4.78, 5) is 10.5. The monoisotopic (exact) mass is 211 g/mol. The van der Waals surface area contributed by atoms with Gasteiger partial charge in [0.15, 0.2) is 0 Å². The smallest absolute Gasteiger partial charge is 0.322 e. The summed E-state index contributed by atoms with van der Waals surface area (Å²) in [5.41, 5.74) is 5.33. The van der Waals surface area contributed by atoms with Crippen LogP contribution in [0.25, 0.3) is 0 Å². The lowest BCUT2D eigenvalue weighted by Gasteiger charge is -2.15. The molecule has 0 heterocycles. The van der Waals surface area contributed by atoms with E-state index in [9.17, 15) is 4.79 Å². The highest BCUT2D eigenvalue weighted by molar-refractivity contribution is 5.73. The number of carboxylic acids is 1. The van der Waals surface area contributed by atoms with Gasteiger partial charge in [0, 0.05) is 6.42 Å². The van der Waals surface area contributed by atoms with Crippen molar-refractivity contribution < 1.29 is 14.6 Å². The van der Waals surface area contributed by atoms with Gasteiger partial charge in [0.05, 0.1) is 6.61 Å². The van der Waals surface area contributed by atoms with Gasteiger partial charge in [-0.3, -0.25) is 4.79 Å². The summed E-state index contributed by atoms with van der Waals surface area (Å²) in [7, 11) is 0. The Balaban J connectivity index is 2.32. The molecule has 0 aromatic heterocycles. The first-order valence-corrected chi connectivity index (χ1v) is 5.28. The number of rotatable bonds is 4. The third kappa shape index (κ3) is 4.82. The standard InChI is InChI=1S/C11H17NO3/c12-10(11(13)14)8-15-9-6-4-2-1-3-5-7-9/h9-10H,1-4,6,8,12H2,(H,13,14)/t9?,10-/m0/s1. The number of carbonyl (C=O) groups is 1. The van der Waals surface area contributed by atoms with Gasteiger partial charge >= 0.3 is 5.97 Å². The van der Waals surface area contributed by atoms with Gasteiger partial charge in [0.2, 0.25) is 0 Å². The highest BCUT2D eigenvalue weighted by Gasteiger charge is 2.14. The number of hydrogen-bond donors (Lipinski definition) is 2. The minimum absolute atomic E-state index is 0.0364. The first-order chi connectivity index (χ1) is 7.20. The fourth-order valence-electron chi connectivity index (χ4n) is 1.39. The van der Waals surface area contributed by atoms with Crippen molar-refractivity contribution in [3.63, 3.8) is 0 Å². The molecule has 0 aliphatic heterocycles. The fraction of sp³-hybridized carbons (Fsp3) is 0.727. The van der Waals surface area contributed by atoms with Crippen molar-refractivity contribution in [3.8, 4) is 11.8 Å². The summed E-state index contributed by atoms with van der Waals surface area (Å²) < 4.78 is 5.36. The second-order valence-electron chi connectivity index (χ2n) is 3.69. The van der Waals surface area contributed by atoms with Crippen molar-refractivity contribution in [2.24, 2.45) is 5.73 Å². The second-order valence-corrected chi connectivity index (χ2v) is 3.69. The summed E-state index contributed by atoms with van der Waals surface area (Å²) >= 11 is 0. The SMILES string of the molecule is N[C@@H](COC1C#CCCCCC1)C(=O)O. The quantitative estimate of drug-likeness (QED) is 0.673. The zero-order chi connectivity index (χ0) is 11.1. The van der Waals surface area contributed by atoms with Gasteiger partial charge in [-0.2, -0.15) is 0 Å². The van der Waals surface area contributed by atoms with Crippen molar-refractivity contribution in [1.29, 1.82) is 0 Å². The molecule has 4 nitrogen and oxygen atoms in total. The predicted molar refractivity (Wildman–Crippen MR) is 56.2 cm³/mol. The van der Waals surface area contributed by atoms with Crippen LogP contribution >= 0.6 is 0 Å². The van der Waals surface area contributed by atoms with E-state index in [1.807, 2.05) is 0 Å². The van der Waals surface area contributed by atoms with E-state index < -0.39 is 12.0 Å². The molecule has 15 heavy (non-hydrogen) atoms. The maximum atomic E-state index is 10.5. The second kappa shape index (κ2) is 6.44. The van der Waals surface area contributed by atoms with E-state index in [1.54, 1.807) is 0 Å². The molecule has 3 N–H and O–H groups in total. The van der Waals surface area contributed by atoms with Crippen molar-refractivity contribution in [2.75, 3.05) is 6.61 Å². The lowest BCUT2D eigenvalue weighted by molar-refractivity contribution is -0.140. The van der Waals surface area contributed by atoms with Crippen molar-refractivity contribution in [1.82, 2.24) is 0 Å². The molecular weight excluding hydrogens is 194 g/mol. The fourth-order valence-corrected chi connectivity index (χ4v) is 1.39. The summed E-state index contributed by atoms with van der Waals surface area (Å²) in [5, 5.41) is 8.57. The van der Waals surface area contributed by atoms with E-state index in [0.717, 1.165) is 25.7 Å². The van der Waals surface area contributed by atoms with E-state index in [4.69, 9.17) is 15.6 Å². The zero-order valence-electron chi connectivity index (χ0n) is 8.74. The van der Waals surface area contributed by atoms with Crippen LogP contribution in [-0.4, -0.2) is 29.8 Å². The average Bonchev–Trinajstić information content (AvgIpc) is 2.15. The summed E-state index contributed by atoms with van der Waals surface area (Å²) in [6.07, 6.45) is 5.04. The molecule has 1 aliphatic carbocycles. The highest BCUT2D eigenvalue weighted by atomic mass is 16.5. The first kappa shape index (κ1) is 12.0. The molecular formula is C11H17NO3. The number of aliphatic carboxylic acids is 1. The predicted octanol–water partition coefficient (Wildman–Crippen LogP) is 0.751. The largest absolute Gasteiger partial charge is 0.480 e.